The number of hydrogen-bond acceptors (Lipinski definition) is 1. The number of anilines is 1. The number of benzene rings is 2. The van der Waals surface area contributed by atoms with E-state index in [0.29, 0.717) is 6.54 Å². The van der Waals surface area contributed by atoms with Gasteiger partial charge < -0.3 is 10.2 Å². The standard InChI is InChI=1S/C18H21BrN2O/c1-13-4-6-15(7-5-13)11-21(3)12-18(22)20-17-9-8-16(19)10-14(17)2/h4-10H,11-12H2,1-3H3,(H,20,22)/p+1. The minimum Gasteiger partial charge on any atom is -0.326 e. The Morgan fingerprint density at radius 3 is 2.45 bits per heavy atom. The predicted octanol–water partition coefficient (Wildman–Crippen LogP) is 2.72. The van der Waals surface area contributed by atoms with Gasteiger partial charge in [0.05, 0.1) is 7.05 Å². The normalized spacial score (nSPS) is 12.0. The van der Waals surface area contributed by atoms with E-state index in [1.807, 2.05) is 32.2 Å². The van der Waals surface area contributed by atoms with Gasteiger partial charge in [0, 0.05) is 15.7 Å². The number of halogens is 1. The van der Waals surface area contributed by atoms with Crippen LogP contribution in [0.1, 0.15) is 16.7 Å². The van der Waals surface area contributed by atoms with E-state index >= 15 is 0 Å². The summed E-state index contributed by atoms with van der Waals surface area (Å²) >= 11 is 3.43. The number of amides is 1. The van der Waals surface area contributed by atoms with E-state index in [1.165, 1.54) is 11.1 Å². The van der Waals surface area contributed by atoms with Crippen molar-refractivity contribution < 1.29 is 9.69 Å². The molecule has 4 heteroatoms. The van der Waals surface area contributed by atoms with Gasteiger partial charge in [0.15, 0.2) is 6.54 Å². The van der Waals surface area contributed by atoms with E-state index in [2.05, 4.69) is 52.4 Å². The third kappa shape index (κ3) is 4.97. The van der Waals surface area contributed by atoms with Crippen LogP contribution >= 0.6 is 15.9 Å². The van der Waals surface area contributed by atoms with Gasteiger partial charge >= 0.3 is 0 Å². The van der Waals surface area contributed by atoms with E-state index in [1.54, 1.807) is 0 Å². The lowest BCUT2D eigenvalue weighted by Gasteiger charge is -2.15. The molecule has 22 heavy (non-hydrogen) atoms. The quantitative estimate of drug-likeness (QED) is 0.843. The largest absolute Gasteiger partial charge is 0.326 e. The van der Waals surface area contributed by atoms with Gasteiger partial charge in [-0.15, -0.1) is 0 Å². The lowest BCUT2D eigenvalue weighted by Crippen LogP contribution is -3.08. The van der Waals surface area contributed by atoms with Crippen molar-refractivity contribution in [2.45, 2.75) is 20.4 Å². The van der Waals surface area contributed by atoms with Crippen LogP contribution < -0.4 is 10.2 Å². The van der Waals surface area contributed by atoms with Gasteiger partial charge in [-0.2, -0.15) is 0 Å². The molecule has 0 aliphatic carbocycles. The minimum atomic E-state index is 0.0371. The highest BCUT2D eigenvalue weighted by atomic mass is 79.9. The highest BCUT2D eigenvalue weighted by Crippen LogP contribution is 2.19. The second-order valence-corrected chi connectivity index (χ2v) is 6.72. The van der Waals surface area contributed by atoms with Crippen LogP contribution in [0, 0.1) is 13.8 Å². The fourth-order valence-corrected chi connectivity index (χ4v) is 2.83. The van der Waals surface area contributed by atoms with Gasteiger partial charge in [0.2, 0.25) is 0 Å². The molecule has 0 saturated carbocycles. The summed E-state index contributed by atoms with van der Waals surface area (Å²) in [5.41, 5.74) is 4.43. The minimum absolute atomic E-state index is 0.0371. The Kier molecular flexibility index (Phi) is 5.75. The second kappa shape index (κ2) is 7.56. The van der Waals surface area contributed by atoms with Crippen LogP contribution in [-0.2, 0) is 11.3 Å². The first kappa shape index (κ1) is 16.7. The smallest absolute Gasteiger partial charge is 0.279 e. The number of hydrogen-bond donors (Lipinski definition) is 2. The van der Waals surface area contributed by atoms with Crippen molar-refractivity contribution in [3.63, 3.8) is 0 Å². The lowest BCUT2D eigenvalue weighted by atomic mass is 10.1. The average molecular weight is 362 g/mol. The summed E-state index contributed by atoms with van der Waals surface area (Å²) in [6.45, 7) is 5.36. The third-order valence-electron chi connectivity index (χ3n) is 3.55. The first-order valence-electron chi connectivity index (χ1n) is 7.37. The Labute approximate surface area is 140 Å². The predicted molar refractivity (Wildman–Crippen MR) is 94.1 cm³/mol. The average Bonchev–Trinajstić information content (AvgIpc) is 2.44. The zero-order valence-electron chi connectivity index (χ0n) is 13.2. The molecule has 116 valence electrons. The van der Waals surface area contributed by atoms with Crippen molar-refractivity contribution in [2.75, 3.05) is 18.9 Å². The van der Waals surface area contributed by atoms with Gasteiger partial charge in [-0.3, -0.25) is 4.79 Å². The Morgan fingerprint density at radius 2 is 1.82 bits per heavy atom. The Balaban J connectivity index is 1.89. The van der Waals surface area contributed by atoms with Crippen LogP contribution in [0.4, 0.5) is 5.69 Å². The van der Waals surface area contributed by atoms with Crippen molar-refractivity contribution >= 4 is 27.5 Å². The summed E-state index contributed by atoms with van der Waals surface area (Å²) in [6, 6.07) is 14.3. The van der Waals surface area contributed by atoms with Crippen LogP contribution in [0.15, 0.2) is 46.9 Å². The molecular formula is C18H22BrN2O+. The summed E-state index contributed by atoms with van der Waals surface area (Å²) < 4.78 is 1.02. The van der Waals surface area contributed by atoms with E-state index in [4.69, 9.17) is 0 Å². The number of rotatable bonds is 5. The van der Waals surface area contributed by atoms with Crippen molar-refractivity contribution in [2.24, 2.45) is 0 Å². The molecule has 0 bridgehead atoms. The fraction of sp³-hybridized carbons (Fsp3) is 0.278. The van der Waals surface area contributed by atoms with Gasteiger partial charge in [0.25, 0.3) is 5.91 Å². The van der Waals surface area contributed by atoms with Gasteiger partial charge in [0.1, 0.15) is 6.54 Å². The molecule has 0 heterocycles. The third-order valence-corrected chi connectivity index (χ3v) is 4.04. The first-order valence-corrected chi connectivity index (χ1v) is 8.16. The van der Waals surface area contributed by atoms with Crippen molar-refractivity contribution in [1.29, 1.82) is 0 Å². The van der Waals surface area contributed by atoms with Crippen LogP contribution in [-0.4, -0.2) is 19.5 Å². The fourth-order valence-electron chi connectivity index (χ4n) is 2.35. The number of likely N-dealkylation sites (N-methyl/N-ethyl adjacent to an activating group) is 1. The molecule has 0 fully saturated rings. The van der Waals surface area contributed by atoms with Crippen LogP contribution in [0.25, 0.3) is 0 Å². The molecule has 0 saturated heterocycles. The summed E-state index contributed by atoms with van der Waals surface area (Å²) in [7, 11) is 2.04. The molecule has 0 aromatic heterocycles. The molecule has 0 aliphatic heterocycles. The molecule has 0 radical (unpaired) electrons. The van der Waals surface area contributed by atoms with Crippen LogP contribution in [0.5, 0.6) is 0 Å². The molecular weight excluding hydrogens is 340 g/mol. The van der Waals surface area contributed by atoms with E-state index in [0.717, 1.165) is 27.2 Å². The number of carbonyl (C=O) groups is 1. The number of aryl methyl sites for hydroxylation is 2. The molecule has 0 aliphatic rings. The summed E-state index contributed by atoms with van der Waals surface area (Å²) in [4.78, 5) is 13.3. The monoisotopic (exact) mass is 361 g/mol. The maximum atomic E-state index is 12.2. The van der Waals surface area contributed by atoms with Crippen LogP contribution in [0.2, 0.25) is 0 Å². The highest BCUT2D eigenvalue weighted by molar-refractivity contribution is 9.10. The van der Waals surface area contributed by atoms with Crippen LogP contribution in [0.3, 0.4) is 0 Å². The van der Waals surface area contributed by atoms with Crippen molar-refractivity contribution in [1.82, 2.24) is 0 Å². The molecule has 0 spiro atoms. The van der Waals surface area contributed by atoms with Crippen molar-refractivity contribution in [3.05, 3.63) is 63.6 Å². The SMILES string of the molecule is Cc1ccc(C[NH+](C)CC(=O)Nc2ccc(Br)cc2C)cc1. The Morgan fingerprint density at radius 1 is 1.14 bits per heavy atom. The van der Waals surface area contributed by atoms with Crippen molar-refractivity contribution in [3.8, 4) is 0 Å². The molecule has 1 amide bonds. The number of carbonyl (C=O) groups excluding carboxylic acids is 1. The lowest BCUT2D eigenvalue weighted by molar-refractivity contribution is -0.885. The first-order chi connectivity index (χ1) is 10.4. The van der Waals surface area contributed by atoms with E-state index < -0.39 is 0 Å². The zero-order chi connectivity index (χ0) is 16.1. The van der Waals surface area contributed by atoms with E-state index in [9.17, 15) is 4.79 Å². The Hall–Kier alpha value is -1.65. The topological polar surface area (TPSA) is 33.5 Å². The van der Waals surface area contributed by atoms with E-state index in [-0.39, 0.29) is 5.91 Å². The highest BCUT2D eigenvalue weighted by Gasteiger charge is 2.12. The number of nitrogens with one attached hydrogen (secondary N) is 2. The molecule has 2 N–H and O–H groups in total. The molecule has 3 nitrogen and oxygen atoms in total. The summed E-state index contributed by atoms with van der Waals surface area (Å²) in [6.07, 6.45) is 0. The molecule has 1 atom stereocenters. The van der Waals surface area contributed by atoms with Gasteiger partial charge in [-0.25, -0.2) is 0 Å². The molecule has 2 aromatic carbocycles. The Bertz CT molecular complexity index is 653. The summed E-state index contributed by atoms with van der Waals surface area (Å²) in [5, 5.41) is 2.98. The molecule has 2 rings (SSSR count). The molecule has 2 aromatic rings. The zero-order valence-corrected chi connectivity index (χ0v) is 14.8. The van der Waals surface area contributed by atoms with Gasteiger partial charge in [-0.1, -0.05) is 45.8 Å². The molecule has 1 unspecified atom stereocenters. The van der Waals surface area contributed by atoms with Gasteiger partial charge in [-0.05, 0) is 37.6 Å². The second-order valence-electron chi connectivity index (χ2n) is 5.80. The number of quaternary nitrogens is 1. The summed E-state index contributed by atoms with van der Waals surface area (Å²) in [5.74, 6) is 0.0371. The maximum Gasteiger partial charge on any atom is 0.279 e. The maximum absolute atomic E-state index is 12.2.